The zero-order chi connectivity index (χ0) is 12.2. The maximum atomic E-state index is 12.3. The van der Waals surface area contributed by atoms with Crippen molar-refractivity contribution in [1.29, 1.82) is 0 Å². The summed E-state index contributed by atoms with van der Waals surface area (Å²) in [5.41, 5.74) is 0.343. The monoisotopic (exact) mass is 232 g/mol. The summed E-state index contributed by atoms with van der Waals surface area (Å²) in [6, 6.07) is 7.88. The second-order valence-corrected chi connectivity index (χ2v) is 3.33. The van der Waals surface area contributed by atoms with Crippen LogP contribution in [0.15, 0.2) is 30.3 Å². The lowest BCUT2D eigenvalue weighted by Crippen LogP contribution is -2.18. The van der Waals surface area contributed by atoms with Gasteiger partial charge >= 0.3 is 12.1 Å². The van der Waals surface area contributed by atoms with Gasteiger partial charge in [0.2, 0.25) is 0 Å². The average molecular weight is 232 g/mol. The van der Waals surface area contributed by atoms with E-state index in [2.05, 4.69) is 4.74 Å². The zero-order valence-electron chi connectivity index (χ0n) is 8.62. The van der Waals surface area contributed by atoms with Crippen LogP contribution in [-0.4, -0.2) is 12.1 Å². The van der Waals surface area contributed by atoms with Crippen molar-refractivity contribution in [2.75, 3.05) is 0 Å². The zero-order valence-corrected chi connectivity index (χ0v) is 8.62. The molecule has 1 atom stereocenters. The molecule has 0 amide bonds. The van der Waals surface area contributed by atoms with E-state index in [0.717, 1.165) is 6.92 Å². The van der Waals surface area contributed by atoms with Crippen molar-refractivity contribution in [3.63, 3.8) is 0 Å². The van der Waals surface area contributed by atoms with E-state index in [9.17, 15) is 18.0 Å². The van der Waals surface area contributed by atoms with E-state index in [4.69, 9.17) is 0 Å². The number of ether oxygens (including phenoxy) is 1. The molecule has 0 unspecified atom stereocenters. The molecule has 0 aliphatic heterocycles. The first-order chi connectivity index (χ1) is 7.38. The normalized spacial score (nSPS) is 13.2. The fourth-order valence-corrected chi connectivity index (χ4v) is 1.31. The van der Waals surface area contributed by atoms with E-state index in [1.807, 2.05) is 0 Å². The largest absolute Gasteiger partial charge is 0.457 e. The summed E-state index contributed by atoms with van der Waals surface area (Å²) in [4.78, 5) is 10.7. The summed E-state index contributed by atoms with van der Waals surface area (Å²) in [6.07, 6.45) is -6.80. The molecular weight excluding hydrogens is 221 g/mol. The van der Waals surface area contributed by atoms with Crippen LogP contribution >= 0.6 is 0 Å². The molecule has 0 N–H and O–H groups in total. The Labute approximate surface area is 91.0 Å². The van der Waals surface area contributed by atoms with E-state index < -0.39 is 24.7 Å². The van der Waals surface area contributed by atoms with Gasteiger partial charge in [-0.05, 0) is 5.56 Å². The summed E-state index contributed by atoms with van der Waals surface area (Å²) < 4.78 is 41.4. The van der Waals surface area contributed by atoms with Gasteiger partial charge in [-0.1, -0.05) is 30.3 Å². The van der Waals surface area contributed by atoms with Crippen LogP contribution < -0.4 is 0 Å². The van der Waals surface area contributed by atoms with Gasteiger partial charge in [0.15, 0.2) is 0 Å². The smallest absolute Gasteiger partial charge is 0.392 e. The Morgan fingerprint density at radius 1 is 1.31 bits per heavy atom. The van der Waals surface area contributed by atoms with E-state index in [1.165, 1.54) is 12.1 Å². The van der Waals surface area contributed by atoms with Crippen molar-refractivity contribution in [3.8, 4) is 0 Å². The molecule has 0 heterocycles. The van der Waals surface area contributed by atoms with E-state index in [0.29, 0.717) is 5.56 Å². The van der Waals surface area contributed by atoms with Gasteiger partial charge in [0.05, 0.1) is 6.42 Å². The van der Waals surface area contributed by atoms with Crippen LogP contribution in [0.5, 0.6) is 0 Å². The Morgan fingerprint density at radius 3 is 2.31 bits per heavy atom. The molecular formula is C11H11F3O2. The fraction of sp³-hybridized carbons (Fsp3) is 0.364. The lowest BCUT2D eigenvalue weighted by atomic mass is 10.1. The Bertz CT molecular complexity index is 346. The number of carbonyl (C=O) groups is 1. The van der Waals surface area contributed by atoms with E-state index >= 15 is 0 Å². The molecule has 0 aromatic heterocycles. The first kappa shape index (κ1) is 12.5. The minimum Gasteiger partial charge on any atom is -0.457 e. The molecule has 0 aliphatic rings. The van der Waals surface area contributed by atoms with Gasteiger partial charge in [-0.15, -0.1) is 0 Å². The Morgan fingerprint density at radius 2 is 1.88 bits per heavy atom. The number of rotatable bonds is 3. The Kier molecular flexibility index (Phi) is 3.93. The summed E-state index contributed by atoms with van der Waals surface area (Å²) in [5.74, 6) is -0.724. The molecule has 0 spiro atoms. The average Bonchev–Trinajstić information content (AvgIpc) is 2.15. The summed E-state index contributed by atoms with van der Waals surface area (Å²) in [7, 11) is 0. The first-order valence-corrected chi connectivity index (χ1v) is 4.67. The summed E-state index contributed by atoms with van der Waals surface area (Å²) in [5, 5.41) is 0. The molecule has 0 saturated heterocycles. The summed E-state index contributed by atoms with van der Waals surface area (Å²) in [6.45, 7) is 1.09. The molecule has 0 aliphatic carbocycles. The third-order valence-electron chi connectivity index (χ3n) is 1.90. The predicted octanol–water partition coefficient (Wildman–Crippen LogP) is 3.24. The molecule has 5 heteroatoms. The third-order valence-corrected chi connectivity index (χ3v) is 1.90. The highest BCUT2D eigenvalue weighted by Gasteiger charge is 2.34. The van der Waals surface area contributed by atoms with Gasteiger partial charge < -0.3 is 4.74 Å². The minimum absolute atomic E-state index is 0.343. The van der Waals surface area contributed by atoms with Crippen molar-refractivity contribution in [1.82, 2.24) is 0 Å². The van der Waals surface area contributed by atoms with Crippen LogP contribution in [0.3, 0.4) is 0 Å². The SMILES string of the molecule is CC(=O)O[C@H](CC(F)(F)F)c1ccccc1. The number of benzene rings is 1. The van der Waals surface area contributed by atoms with Crippen LogP contribution in [-0.2, 0) is 9.53 Å². The van der Waals surface area contributed by atoms with Crippen molar-refractivity contribution in [2.24, 2.45) is 0 Å². The number of esters is 1. The maximum absolute atomic E-state index is 12.3. The molecule has 88 valence electrons. The van der Waals surface area contributed by atoms with Crippen molar-refractivity contribution in [2.45, 2.75) is 25.6 Å². The number of alkyl halides is 3. The Hall–Kier alpha value is -1.52. The number of hydrogen-bond donors (Lipinski definition) is 0. The standard InChI is InChI=1S/C11H11F3O2/c1-8(15)16-10(7-11(12,13)14)9-5-3-2-4-6-9/h2-6,10H,7H2,1H3/t10-/m1/s1. The molecule has 0 saturated carbocycles. The minimum atomic E-state index is -4.37. The van der Waals surface area contributed by atoms with E-state index in [1.54, 1.807) is 18.2 Å². The van der Waals surface area contributed by atoms with E-state index in [-0.39, 0.29) is 0 Å². The van der Waals surface area contributed by atoms with Crippen molar-refractivity contribution >= 4 is 5.97 Å². The highest BCUT2D eigenvalue weighted by molar-refractivity contribution is 5.66. The maximum Gasteiger partial charge on any atom is 0.392 e. The van der Waals surface area contributed by atoms with Gasteiger partial charge in [-0.3, -0.25) is 4.79 Å². The molecule has 1 aromatic rings. The van der Waals surface area contributed by atoms with Crippen LogP contribution in [0.4, 0.5) is 13.2 Å². The van der Waals surface area contributed by atoms with Crippen molar-refractivity contribution in [3.05, 3.63) is 35.9 Å². The van der Waals surface area contributed by atoms with Gasteiger partial charge in [0.1, 0.15) is 6.10 Å². The topological polar surface area (TPSA) is 26.3 Å². The van der Waals surface area contributed by atoms with Crippen LogP contribution in [0.2, 0.25) is 0 Å². The Balaban J connectivity index is 2.84. The number of carbonyl (C=O) groups excluding carboxylic acids is 1. The molecule has 1 aromatic carbocycles. The molecule has 0 bridgehead atoms. The van der Waals surface area contributed by atoms with Crippen LogP contribution in [0.25, 0.3) is 0 Å². The van der Waals surface area contributed by atoms with Crippen LogP contribution in [0.1, 0.15) is 25.0 Å². The highest BCUT2D eigenvalue weighted by Crippen LogP contribution is 2.31. The number of halogens is 3. The van der Waals surface area contributed by atoms with Gasteiger partial charge in [-0.25, -0.2) is 0 Å². The van der Waals surface area contributed by atoms with Crippen LogP contribution in [0, 0.1) is 0 Å². The number of hydrogen-bond acceptors (Lipinski definition) is 2. The lowest BCUT2D eigenvalue weighted by molar-refractivity contribution is -0.172. The molecule has 0 radical (unpaired) electrons. The highest BCUT2D eigenvalue weighted by atomic mass is 19.4. The second-order valence-electron chi connectivity index (χ2n) is 3.33. The molecule has 1 rings (SSSR count). The third kappa shape index (κ3) is 4.33. The predicted molar refractivity (Wildman–Crippen MR) is 51.6 cm³/mol. The van der Waals surface area contributed by atoms with Gasteiger partial charge in [-0.2, -0.15) is 13.2 Å². The van der Waals surface area contributed by atoms with Crippen molar-refractivity contribution < 1.29 is 22.7 Å². The quantitative estimate of drug-likeness (QED) is 0.748. The summed E-state index contributed by atoms with van der Waals surface area (Å²) >= 11 is 0. The molecule has 2 nitrogen and oxygen atoms in total. The van der Waals surface area contributed by atoms with Gasteiger partial charge in [0, 0.05) is 6.92 Å². The molecule has 16 heavy (non-hydrogen) atoms. The second kappa shape index (κ2) is 5.01. The lowest BCUT2D eigenvalue weighted by Gasteiger charge is -2.18. The first-order valence-electron chi connectivity index (χ1n) is 4.67. The fourth-order valence-electron chi connectivity index (χ4n) is 1.31. The molecule has 0 fully saturated rings. The van der Waals surface area contributed by atoms with Gasteiger partial charge in [0.25, 0.3) is 0 Å².